The van der Waals surface area contributed by atoms with Gasteiger partial charge in [0.2, 0.25) is 5.91 Å². The van der Waals surface area contributed by atoms with E-state index in [4.69, 9.17) is 14.2 Å². The zero-order chi connectivity index (χ0) is 25.2. The van der Waals surface area contributed by atoms with Crippen molar-refractivity contribution in [1.82, 2.24) is 9.88 Å². The van der Waals surface area contributed by atoms with Crippen LogP contribution in [-0.4, -0.2) is 51.9 Å². The van der Waals surface area contributed by atoms with Gasteiger partial charge in [0, 0.05) is 18.3 Å². The van der Waals surface area contributed by atoms with Gasteiger partial charge >= 0.3 is 6.16 Å². The number of rotatable bonds is 12. The van der Waals surface area contributed by atoms with Gasteiger partial charge in [-0.05, 0) is 55.5 Å². The van der Waals surface area contributed by atoms with E-state index in [2.05, 4.69) is 18.0 Å². The molecule has 2 amide bonds. The second-order valence-electron chi connectivity index (χ2n) is 8.34. The van der Waals surface area contributed by atoms with Crippen molar-refractivity contribution in [2.75, 3.05) is 13.3 Å². The van der Waals surface area contributed by atoms with Crippen LogP contribution in [0, 0.1) is 0 Å². The van der Waals surface area contributed by atoms with Gasteiger partial charge in [-0.2, -0.15) is 0 Å². The lowest BCUT2D eigenvalue weighted by Crippen LogP contribution is -2.35. The summed E-state index contributed by atoms with van der Waals surface area (Å²) in [5, 5.41) is -1.000. The Labute approximate surface area is 210 Å². The van der Waals surface area contributed by atoms with Crippen molar-refractivity contribution in [3.8, 4) is 5.75 Å². The Kier molecular flexibility index (Phi) is 9.96. The number of aromatic nitrogens is 1. The Bertz CT molecular complexity index is 996. The predicted molar refractivity (Wildman–Crippen MR) is 133 cm³/mol. The van der Waals surface area contributed by atoms with E-state index in [0.717, 1.165) is 46.5 Å². The van der Waals surface area contributed by atoms with Gasteiger partial charge in [0.15, 0.2) is 6.73 Å². The van der Waals surface area contributed by atoms with Gasteiger partial charge in [-0.25, -0.2) is 9.69 Å². The van der Waals surface area contributed by atoms with Crippen LogP contribution in [0.2, 0.25) is 0 Å². The summed E-state index contributed by atoms with van der Waals surface area (Å²) < 4.78 is 15.9. The van der Waals surface area contributed by atoms with Crippen molar-refractivity contribution in [1.29, 1.82) is 0 Å². The Morgan fingerprint density at radius 1 is 1.11 bits per heavy atom. The third kappa shape index (κ3) is 7.99. The lowest BCUT2D eigenvalue weighted by atomic mass is 10.1. The highest BCUT2D eigenvalue weighted by molar-refractivity contribution is 8.15. The molecule has 0 radical (unpaired) electrons. The number of thioether (sulfide) groups is 1. The van der Waals surface area contributed by atoms with E-state index in [9.17, 15) is 14.4 Å². The Hall–Kier alpha value is -3.07. The Balaban J connectivity index is 1.43. The molecule has 0 aliphatic carbocycles. The minimum atomic E-state index is -0.885. The summed E-state index contributed by atoms with van der Waals surface area (Å²) in [4.78, 5) is 42.1. The molecule has 2 aromatic rings. The maximum Gasteiger partial charge on any atom is 0.510 e. The highest BCUT2D eigenvalue weighted by Gasteiger charge is 2.40. The molecule has 0 bridgehead atoms. The first-order valence-corrected chi connectivity index (χ1v) is 12.8. The van der Waals surface area contributed by atoms with Crippen LogP contribution in [0.3, 0.4) is 0 Å². The minimum absolute atomic E-state index is 0.282. The molecule has 1 aromatic heterocycles. The molecular weight excluding hydrogens is 468 g/mol. The fraction of sp³-hybridized carbons (Fsp3) is 0.462. The van der Waals surface area contributed by atoms with E-state index in [1.165, 1.54) is 5.56 Å². The zero-order valence-electron chi connectivity index (χ0n) is 20.4. The summed E-state index contributed by atoms with van der Waals surface area (Å²) in [7, 11) is 0. The summed E-state index contributed by atoms with van der Waals surface area (Å²) >= 11 is 0.936. The number of pyridine rings is 1. The number of carbonyl (C=O) groups excluding carboxylic acids is 3. The second-order valence-corrected chi connectivity index (χ2v) is 9.49. The lowest BCUT2D eigenvalue weighted by molar-refractivity contribution is -0.129. The quantitative estimate of drug-likeness (QED) is 0.368. The van der Waals surface area contributed by atoms with Crippen molar-refractivity contribution in [3.05, 3.63) is 59.4 Å². The lowest BCUT2D eigenvalue weighted by Gasteiger charge is -2.16. The Morgan fingerprint density at radius 2 is 1.86 bits per heavy atom. The van der Waals surface area contributed by atoms with Crippen LogP contribution in [0.4, 0.5) is 9.59 Å². The number of imide groups is 1. The molecule has 188 valence electrons. The molecule has 1 fully saturated rings. The molecule has 0 saturated carbocycles. The van der Waals surface area contributed by atoms with Crippen LogP contribution in [0.25, 0.3) is 0 Å². The van der Waals surface area contributed by atoms with Gasteiger partial charge in [0.25, 0.3) is 5.24 Å². The van der Waals surface area contributed by atoms with Gasteiger partial charge < -0.3 is 14.2 Å². The highest BCUT2D eigenvalue weighted by Crippen LogP contribution is 2.30. The standard InChI is InChI=1S/C26H32N2O6S/c1-4-6-18(3)34-26(31)33-17-28-24(29)23(35-25(28)30)15-20-8-11-22(12-9-20)32-14-13-21-10-7-19(5-2)16-27-21/h7-12,16,18,23H,4-6,13-15,17H2,1-3H3. The van der Waals surface area contributed by atoms with E-state index in [1.807, 2.05) is 43.5 Å². The Morgan fingerprint density at radius 3 is 2.51 bits per heavy atom. The molecule has 0 spiro atoms. The molecule has 1 aliphatic heterocycles. The van der Waals surface area contributed by atoms with Gasteiger partial charge in [-0.1, -0.05) is 50.2 Å². The largest absolute Gasteiger partial charge is 0.510 e. The van der Waals surface area contributed by atoms with Crippen molar-refractivity contribution in [2.24, 2.45) is 0 Å². The maximum atomic E-state index is 12.7. The number of aryl methyl sites for hydroxylation is 1. The van der Waals surface area contributed by atoms with Crippen LogP contribution in [-0.2, 0) is 33.5 Å². The fourth-order valence-corrected chi connectivity index (χ4v) is 4.56. The first-order chi connectivity index (χ1) is 16.9. The summed E-state index contributed by atoms with van der Waals surface area (Å²) in [6.07, 6.45) is 4.37. The number of carbonyl (C=O) groups is 3. The number of benzene rings is 1. The van der Waals surface area contributed by atoms with Crippen LogP contribution in [0.1, 0.15) is 50.4 Å². The summed E-state index contributed by atoms with van der Waals surface area (Å²) in [6.45, 7) is 5.92. The topological polar surface area (TPSA) is 95.0 Å². The average Bonchev–Trinajstić information content (AvgIpc) is 3.11. The normalized spacial score (nSPS) is 16.3. The van der Waals surface area contributed by atoms with Gasteiger partial charge in [-0.15, -0.1) is 0 Å². The van der Waals surface area contributed by atoms with Crippen LogP contribution >= 0.6 is 11.8 Å². The number of hydrogen-bond acceptors (Lipinski definition) is 8. The number of hydrogen-bond donors (Lipinski definition) is 0. The third-order valence-electron chi connectivity index (χ3n) is 5.57. The molecule has 1 saturated heterocycles. The van der Waals surface area contributed by atoms with E-state index < -0.39 is 23.4 Å². The molecule has 1 aromatic carbocycles. The molecule has 2 atom stereocenters. The van der Waals surface area contributed by atoms with Crippen LogP contribution in [0.5, 0.6) is 5.75 Å². The van der Waals surface area contributed by atoms with Crippen molar-refractivity contribution >= 4 is 29.1 Å². The molecule has 0 N–H and O–H groups in total. The number of ether oxygens (including phenoxy) is 3. The fourth-order valence-electron chi connectivity index (χ4n) is 3.55. The van der Waals surface area contributed by atoms with Crippen LogP contribution < -0.4 is 4.74 Å². The number of amides is 2. The zero-order valence-corrected chi connectivity index (χ0v) is 21.2. The molecule has 8 nitrogen and oxygen atoms in total. The van der Waals surface area contributed by atoms with E-state index in [-0.39, 0.29) is 12.0 Å². The second kappa shape index (κ2) is 13.1. The molecule has 9 heteroatoms. The van der Waals surface area contributed by atoms with Crippen molar-refractivity contribution < 1.29 is 28.6 Å². The average molecular weight is 501 g/mol. The molecule has 2 unspecified atom stereocenters. The first-order valence-electron chi connectivity index (χ1n) is 11.9. The van der Waals surface area contributed by atoms with Crippen molar-refractivity contribution in [3.63, 3.8) is 0 Å². The highest BCUT2D eigenvalue weighted by atomic mass is 32.2. The van der Waals surface area contributed by atoms with Gasteiger partial charge in [0.05, 0.1) is 11.9 Å². The van der Waals surface area contributed by atoms with Crippen LogP contribution in [0.15, 0.2) is 42.6 Å². The summed E-state index contributed by atoms with van der Waals surface area (Å²) in [5.74, 6) is 0.350. The van der Waals surface area contributed by atoms with Gasteiger partial charge in [-0.3, -0.25) is 14.6 Å². The maximum absolute atomic E-state index is 12.7. The minimum Gasteiger partial charge on any atom is -0.493 e. The first kappa shape index (κ1) is 26.5. The summed E-state index contributed by atoms with van der Waals surface area (Å²) in [5.41, 5.74) is 3.10. The molecule has 35 heavy (non-hydrogen) atoms. The van der Waals surface area contributed by atoms with E-state index >= 15 is 0 Å². The van der Waals surface area contributed by atoms with Gasteiger partial charge in [0.1, 0.15) is 11.9 Å². The molecule has 2 heterocycles. The third-order valence-corrected chi connectivity index (χ3v) is 6.65. The monoisotopic (exact) mass is 500 g/mol. The predicted octanol–water partition coefficient (Wildman–Crippen LogP) is 5.17. The summed E-state index contributed by atoms with van der Waals surface area (Å²) in [6, 6.07) is 11.6. The number of nitrogens with zero attached hydrogens (tertiary/aromatic N) is 2. The van der Waals surface area contributed by atoms with E-state index in [0.29, 0.717) is 25.9 Å². The smallest absolute Gasteiger partial charge is 0.493 e. The SMILES string of the molecule is CCCC(C)OC(=O)OCN1C(=O)SC(Cc2ccc(OCCc3ccc(CC)cn3)cc2)C1=O. The van der Waals surface area contributed by atoms with Crippen molar-refractivity contribution in [2.45, 2.75) is 64.2 Å². The van der Waals surface area contributed by atoms with E-state index in [1.54, 1.807) is 6.92 Å². The molecule has 3 rings (SSSR count). The molecular formula is C26H32N2O6S. The molecule has 1 aliphatic rings.